The first-order valence-corrected chi connectivity index (χ1v) is 2.79. The summed E-state index contributed by atoms with van der Waals surface area (Å²) in [5, 5.41) is 0. The Balaban J connectivity index is 4.02. The highest BCUT2D eigenvalue weighted by molar-refractivity contribution is 4.88. The van der Waals surface area contributed by atoms with Gasteiger partial charge in [0.1, 0.15) is 5.67 Å². The van der Waals surface area contributed by atoms with E-state index in [4.69, 9.17) is 0 Å². The summed E-state index contributed by atoms with van der Waals surface area (Å²) in [5.74, 6) is 0. The number of alkyl halides is 1. The quantitative estimate of drug-likeness (QED) is 0.457. The second-order valence-corrected chi connectivity index (χ2v) is 3.45. The Morgan fingerprint density at radius 2 is 1.25 bits per heavy atom. The third-order valence-electron chi connectivity index (χ3n) is 1.56. The third-order valence-corrected chi connectivity index (χ3v) is 1.56. The van der Waals surface area contributed by atoms with Crippen molar-refractivity contribution in [1.82, 2.24) is 0 Å². The van der Waals surface area contributed by atoms with Gasteiger partial charge < -0.3 is 0 Å². The molecule has 1 heteroatoms. The van der Waals surface area contributed by atoms with E-state index < -0.39 is 5.67 Å². The average molecular weight is 117 g/mol. The van der Waals surface area contributed by atoms with Crippen molar-refractivity contribution in [2.45, 2.75) is 33.4 Å². The molecule has 0 nitrogen and oxygen atoms in total. The predicted octanol–water partition coefficient (Wildman–Crippen LogP) is 2.59. The molecule has 0 saturated carbocycles. The van der Waals surface area contributed by atoms with Crippen LogP contribution in [0, 0.1) is 12.3 Å². The van der Waals surface area contributed by atoms with Gasteiger partial charge in [-0.25, -0.2) is 4.39 Å². The maximum atomic E-state index is 12.8. The van der Waals surface area contributed by atoms with Crippen molar-refractivity contribution in [1.29, 1.82) is 0 Å². The van der Waals surface area contributed by atoms with Crippen molar-refractivity contribution in [3.8, 4) is 0 Å². The lowest BCUT2D eigenvalue weighted by Crippen LogP contribution is -2.31. The minimum absolute atomic E-state index is 0.340. The largest absolute Gasteiger partial charge is 0.244 e. The Hall–Kier alpha value is -0.0700. The van der Waals surface area contributed by atoms with Gasteiger partial charge in [0.05, 0.1) is 0 Å². The smallest absolute Gasteiger partial charge is 0.113 e. The summed E-state index contributed by atoms with van der Waals surface area (Å²) in [7, 11) is 0. The fourth-order valence-corrected chi connectivity index (χ4v) is 0. The van der Waals surface area contributed by atoms with Crippen LogP contribution < -0.4 is 0 Å². The first kappa shape index (κ1) is 7.93. The van der Waals surface area contributed by atoms with Crippen molar-refractivity contribution in [3.05, 3.63) is 6.92 Å². The van der Waals surface area contributed by atoms with Gasteiger partial charge in [0, 0.05) is 0 Å². The summed E-state index contributed by atoms with van der Waals surface area (Å²) in [6, 6.07) is 0. The van der Waals surface area contributed by atoms with Crippen molar-refractivity contribution < 1.29 is 4.39 Å². The molecule has 49 valence electrons. The minimum Gasteiger partial charge on any atom is -0.244 e. The Morgan fingerprint density at radius 3 is 1.25 bits per heavy atom. The second kappa shape index (κ2) is 1.71. The van der Waals surface area contributed by atoms with Crippen LogP contribution in [-0.2, 0) is 0 Å². The molecule has 0 aromatic heterocycles. The zero-order chi connectivity index (χ0) is 7.00. The number of halogens is 1. The van der Waals surface area contributed by atoms with Gasteiger partial charge in [-0.15, -0.1) is 0 Å². The van der Waals surface area contributed by atoms with Gasteiger partial charge in [0.25, 0.3) is 0 Å². The van der Waals surface area contributed by atoms with E-state index in [1.54, 1.807) is 0 Å². The molecular weight excluding hydrogens is 103 g/mol. The zero-order valence-electron chi connectivity index (χ0n) is 6.09. The van der Waals surface area contributed by atoms with Crippen LogP contribution in [-0.4, -0.2) is 5.67 Å². The van der Waals surface area contributed by atoms with E-state index in [0.29, 0.717) is 0 Å². The molecule has 1 atom stereocenters. The van der Waals surface area contributed by atoms with Crippen molar-refractivity contribution in [2.75, 3.05) is 0 Å². The molecule has 1 unspecified atom stereocenters. The van der Waals surface area contributed by atoms with E-state index in [0.717, 1.165) is 0 Å². The van der Waals surface area contributed by atoms with Crippen LogP contribution in [0.25, 0.3) is 0 Å². The van der Waals surface area contributed by atoms with Gasteiger partial charge >= 0.3 is 0 Å². The molecule has 0 heterocycles. The van der Waals surface area contributed by atoms with Gasteiger partial charge in [-0.05, 0) is 19.3 Å². The fourth-order valence-electron chi connectivity index (χ4n) is 0. The molecule has 0 aliphatic rings. The van der Waals surface area contributed by atoms with Crippen LogP contribution in [0.15, 0.2) is 0 Å². The second-order valence-electron chi connectivity index (χ2n) is 3.45. The average Bonchev–Trinajstić information content (AvgIpc) is 1.25. The van der Waals surface area contributed by atoms with Crippen molar-refractivity contribution >= 4 is 0 Å². The van der Waals surface area contributed by atoms with Crippen LogP contribution in [0.2, 0.25) is 0 Å². The van der Waals surface area contributed by atoms with E-state index in [1.165, 1.54) is 6.92 Å². The summed E-state index contributed by atoms with van der Waals surface area (Å²) < 4.78 is 12.8. The first-order chi connectivity index (χ1) is 3.25. The van der Waals surface area contributed by atoms with E-state index in [9.17, 15) is 4.39 Å². The molecule has 0 aromatic carbocycles. The molecule has 0 aromatic rings. The van der Waals surface area contributed by atoms with Crippen LogP contribution in [0.3, 0.4) is 0 Å². The Morgan fingerprint density at radius 1 is 1.12 bits per heavy atom. The molecule has 0 bridgehead atoms. The van der Waals surface area contributed by atoms with Crippen LogP contribution in [0.5, 0.6) is 0 Å². The lowest BCUT2D eigenvalue weighted by molar-refractivity contribution is 0.0962. The van der Waals surface area contributed by atoms with Gasteiger partial charge in [0.15, 0.2) is 0 Å². The highest BCUT2D eigenvalue weighted by Gasteiger charge is 2.32. The standard InChI is InChI=1S/C7H14F/c1-6(2,3)7(4,5)8/h4H2,1-3,5H3. The zero-order valence-corrected chi connectivity index (χ0v) is 6.09. The SMILES string of the molecule is [CH2]C(C)(F)C(C)(C)C. The normalized spacial score (nSPS) is 14.2. The van der Waals surface area contributed by atoms with Gasteiger partial charge in [0.2, 0.25) is 0 Å². The number of hydrogen-bond donors (Lipinski definition) is 0. The monoisotopic (exact) mass is 117 g/mol. The fraction of sp³-hybridized carbons (Fsp3) is 0.857. The third kappa shape index (κ3) is 1.81. The van der Waals surface area contributed by atoms with Crippen molar-refractivity contribution in [2.24, 2.45) is 5.41 Å². The molecule has 0 aliphatic carbocycles. The maximum absolute atomic E-state index is 12.8. The van der Waals surface area contributed by atoms with Crippen LogP contribution >= 0.6 is 0 Å². The molecule has 0 amide bonds. The molecule has 0 N–H and O–H groups in total. The Kier molecular flexibility index (Phi) is 1.70. The lowest BCUT2D eigenvalue weighted by atomic mass is 9.81. The minimum atomic E-state index is -1.31. The van der Waals surface area contributed by atoms with Gasteiger partial charge in [-0.3, -0.25) is 0 Å². The molecule has 0 rings (SSSR count). The van der Waals surface area contributed by atoms with Crippen LogP contribution in [0.1, 0.15) is 27.7 Å². The summed E-state index contributed by atoms with van der Waals surface area (Å²) in [5.41, 5.74) is -1.65. The summed E-state index contributed by atoms with van der Waals surface area (Å²) in [6.07, 6.45) is 0. The van der Waals surface area contributed by atoms with Gasteiger partial charge in [-0.2, -0.15) is 0 Å². The Bertz CT molecular complexity index is 59.4. The summed E-state index contributed by atoms with van der Waals surface area (Å²) >= 11 is 0. The molecule has 0 fully saturated rings. The summed E-state index contributed by atoms with van der Waals surface area (Å²) in [4.78, 5) is 0. The topological polar surface area (TPSA) is 0 Å². The van der Waals surface area contributed by atoms with E-state index in [2.05, 4.69) is 6.92 Å². The first-order valence-electron chi connectivity index (χ1n) is 2.79. The molecule has 0 spiro atoms. The highest BCUT2D eigenvalue weighted by atomic mass is 19.1. The predicted molar refractivity (Wildman–Crippen MR) is 34.3 cm³/mol. The molecule has 1 radical (unpaired) electrons. The molecule has 0 aliphatic heterocycles. The molecule has 8 heavy (non-hydrogen) atoms. The highest BCUT2D eigenvalue weighted by Crippen LogP contribution is 2.32. The van der Waals surface area contributed by atoms with E-state index in [1.807, 2.05) is 20.8 Å². The molecule has 0 saturated heterocycles. The van der Waals surface area contributed by atoms with Gasteiger partial charge in [-0.1, -0.05) is 20.8 Å². The van der Waals surface area contributed by atoms with E-state index in [-0.39, 0.29) is 5.41 Å². The number of rotatable bonds is 0. The Labute approximate surface area is 51.1 Å². The van der Waals surface area contributed by atoms with E-state index >= 15 is 0 Å². The summed E-state index contributed by atoms with van der Waals surface area (Å²) in [6.45, 7) is 10.4. The van der Waals surface area contributed by atoms with Crippen LogP contribution in [0.4, 0.5) is 4.39 Å². The molecular formula is C7H14F. The maximum Gasteiger partial charge on any atom is 0.113 e. The lowest BCUT2D eigenvalue weighted by Gasteiger charge is -2.30. The number of hydrogen-bond acceptors (Lipinski definition) is 0. The van der Waals surface area contributed by atoms with Crippen molar-refractivity contribution in [3.63, 3.8) is 0 Å².